The van der Waals surface area contributed by atoms with Crippen molar-refractivity contribution in [1.29, 1.82) is 0 Å². The number of hydrogen-bond acceptors (Lipinski definition) is 9. The highest BCUT2D eigenvalue weighted by molar-refractivity contribution is 6.30. The van der Waals surface area contributed by atoms with Gasteiger partial charge in [-0.1, -0.05) is 11.6 Å². The lowest BCUT2D eigenvalue weighted by atomic mass is 10.1. The van der Waals surface area contributed by atoms with Crippen LogP contribution in [-0.4, -0.2) is 81.2 Å². The van der Waals surface area contributed by atoms with Crippen LogP contribution in [0.2, 0.25) is 5.02 Å². The lowest BCUT2D eigenvalue weighted by Gasteiger charge is -2.27. The number of carbonyl (C=O) groups excluding carboxylic acids is 1. The fraction of sp³-hybridized carbons (Fsp3) is 0.500. The normalized spacial score (nSPS) is 24.6. The standard InChI is InChI=1S/C24H31ClN8O4/c1-24(2)36-18-16(11-31(3)9-4-10-32(23(27)34)15-7-5-14(25)6-8-15)35-22(19(18)37-24)33-13-30-17-20(26)28-12-29-21(17)33/h5-8,12-13,16,18-19,22H,4,9-11H2,1-3H3,(H2,27,34)(H2,26,28,29)/t16-,18-,19-,22-/m1/s1. The van der Waals surface area contributed by atoms with E-state index in [2.05, 4.69) is 19.9 Å². The van der Waals surface area contributed by atoms with Crippen LogP contribution in [0.5, 0.6) is 0 Å². The van der Waals surface area contributed by atoms with Crippen LogP contribution >= 0.6 is 11.6 Å². The van der Waals surface area contributed by atoms with Gasteiger partial charge in [-0.15, -0.1) is 0 Å². The van der Waals surface area contributed by atoms with E-state index in [0.717, 1.165) is 0 Å². The van der Waals surface area contributed by atoms with Gasteiger partial charge >= 0.3 is 6.03 Å². The Morgan fingerprint density at radius 3 is 2.59 bits per heavy atom. The van der Waals surface area contributed by atoms with E-state index in [4.69, 9.17) is 37.3 Å². The molecule has 2 saturated heterocycles. The molecule has 0 bridgehead atoms. The maximum atomic E-state index is 12.0. The number of primary amides is 1. The molecule has 5 rings (SSSR count). The topological polar surface area (TPSA) is 147 Å². The molecule has 4 atom stereocenters. The smallest absolute Gasteiger partial charge is 0.319 e. The summed E-state index contributed by atoms with van der Waals surface area (Å²) in [5.74, 6) is -0.443. The molecule has 37 heavy (non-hydrogen) atoms. The summed E-state index contributed by atoms with van der Waals surface area (Å²) in [4.78, 5) is 28.4. The second kappa shape index (κ2) is 10.0. The van der Waals surface area contributed by atoms with Crippen LogP contribution in [0, 0.1) is 0 Å². The number of rotatable bonds is 8. The Kier molecular flexibility index (Phi) is 6.94. The average Bonchev–Trinajstić information content (AvgIpc) is 3.49. The fourth-order valence-electron chi connectivity index (χ4n) is 4.97. The molecular formula is C24H31ClN8O4. The average molecular weight is 531 g/mol. The first-order valence-corrected chi connectivity index (χ1v) is 12.5. The number of nitrogen functional groups attached to an aromatic ring is 1. The number of fused-ring (bicyclic) bond motifs is 2. The molecule has 0 radical (unpaired) electrons. The Bertz CT molecular complexity index is 1270. The number of carbonyl (C=O) groups is 1. The van der Waals surface area contributed by atoms with Crippen LogP contribution in [0.1, 0.15) is 26.5 Å². The van der Waals surface area contributed by atoms with Crippen molar-refractivity contribution >= 4 is 40.3 Å². The molecule has 4 N–H and O–H groups in total. The summed E-state index contributed by atoms with van der Waals surface area (Å²) in [5, 5.41) is 0.599. The Hall–Kier alpha value is -3.03. The van der Waals surface area contributed by atoms with E-state index in [1.807, 2.05) is 25.5 Å². The fourth-order valence-corrected chi connectivity index (χ4v) is 5.10. The van der Waals surface area contributed by atoms with Gasteiger partial charge in [0.2, 0.25) is 0 Å². The minimum atomic E-state index is -0.751. The molecule has 12 nitrogen and oxygen atoms in total. The molecule has 2 fully saturated rings. The van der Waals surface area contributed by atoms with Crippen LogP contribution in [0.3, 0.4) is 0 Å². The zero-order chi connectivity index (χ0) is 26.3. The highest BCUT2D eigenvalue weighted by atomic mass is 35.5. The van der Waals surface area contributed by atoms with E-state index >= 15 is 0 Å². The molecule has 198 valence electrons. The van der Waals surface area contributed by atoms with Crippen molar-refractivity contribution in [2.45, 2.75) is 50.6 Å². The lowest BCUT2D eigenvalue weighted by Crippen LogP contribution is -2.40. The van der Waals surface area contributed by atoms with E-state index in [1.54, 1.807) is 30.6 Å². The summed E-state index contributed by atoms with van der Waals surface area (Å²) in [6, 6.07) is 6.52. The van der Waals surface area contributed by atoms with E-state index in [-0.39, 0.29) is 18.3 Å². The third-order valence-electron chi connectivity index (χ3n) is 6.60. The number of nitrogens with zero attached hydrogens (tertiary/aromatic N) is 6. The number of amides is 2. The number of ether oxygens (including phenoxy) is 3. The molecule has 0 spiro atoms. The van der Waals surface area contributed by atoms with Crippen molar-refractivity contribution in [2.75, 3.05) is 37.3 Å². The molecular weight excluding hydrogens is 500 g/mol. The predicted molar refractivity (Wildman–Crippen MR) is 138 cm³/mol. The Labute approximate surface area is 219 Å². The van der Waals surface area contributed by atoms with Crippen LogP contribution in [0.15, 0.2) is 36.9 Å². The maximum absolute atomic E-state index is 12.0. The number of anilines is 2. The highest BCUT2D eigenvalue weighted by Gasteiger charge is 2.56. The number of benzene rings is 1. The Morgan fingerprint density at radius 2 is 1.86 bits per heavy atom. The van der Waals surface area contributed by atoms with Gasteiger partial charge in [-0.05, 0) is 58.1 Å². The highest BCUT2D eigenvalue weighted by Crippen LogP contribution is 2.44. The number of nitrogens with two attached hydrogens (primary N) is 2. The van der Waals surface area contributed by atoms with Gasteiger partial charge in [0.05, 0.1) is 6.33 Å². The first-order chi connectivity index (χ1) is 17.6. The van der Waals surface area contributed by atoms with Gasteiger partial charge in [0, 0.05) is 23.8 Å². The Morgan fingerprint density at radius 1 is 1.14 bits per heavy atom. The third-order valence-corrected chi connectivity index (χ3v) is 6.86. The molecule has 2 aliphatic heterocycles. The Balaban J connectivity index is 1.25. The summed E-state index contributed by atoms with van der Waals surface area (Å²) in [5.41, 5.74) is 13.4. The van der Waals surface area contributed by atoms with Gasteiger partial charge in [-0.25, -0.2) is 19.7 Å². The SMILES string of the molecule is CN(CCCN(C(N)=O)c1ccc(Cl)cc1)C[C@H]1O[C@@H](n2cnc3c(N)ncnc32)[C@@H]2OC(C)(C)O[C@@H]21. The number of imidazole rings is 1. The third kappa shape index (κ3) is 5.20. The van der Waals surface area contributed by atoms with E-state index in [9.17, 15) is 4.79 Å². The van der Waals surface area contributed by atoms with Crippen molar-refractivity contribution in [1.82, 2.24) is 24.4 Å². The molecule has 2 aromatic heterocycles. The molecule has 4 heterocycles. The molecule has 1 aromatic carbocycles. The maximum Gasteiger partial charge on any atom is 0.319 e. The quantitative estimate of drug-likeness (QED) is 0.448. The minimum Gasteiger partial charge on any atom is -0.382 e. The van der Waals surface area contributed by atoms with E-state index < -0.39 is 18.0 Å². The number of likely N-dealkylation sites (N-methyl/N-ethyl adjacent to an activating group) is 1. The van der Waals surface area contributed by atoms with Gasteiger partial charge in [0.1, 0.15) is 30.2 Å². The molecule has 3 aromatic rings. The largest absolute Gasteiger partial charge is 0.382 e. The summed E-state index contributed by atoms with van der Waals surface area (Å²) >= 11 is 5.97. The molecule has 2 aliphatic rings. The first-order valence-electron chi connectivity index (χ1n) is 12.1. The van der Waals surface area contributed by atoms with Crippen molar-refractivity contribution in [3.8, 4) is 0 Å². The van der Waals surface area contributed by atoms with Crippen LogP contribution in [0.25, 0.3) is 11.2 Å². The monoisotopic (exact) mass is 530 g/mol. The van der Waals surface area contributed by atoms with Gasteiger partial charge in [0.25, 0.3) is 0 Å². The predicted octanol–water partition coefficient (Wildman–Crippen LogP) is 2.39. The van der Waals surface area contributed by atoms with Crippen LogP contribution in [-0.2, 0) is 14.2 Å². The number of halogens is 1. The van der Waals surface area contributed by atoms with Gasteiger partial charge in [-0.3, -0.25) is 9.47 Å². The van der Waals surface area contributed by atoms with E-state index in [0.29, 0.717) is 53.7 Å². The minimum absolute atomic E-state index is 0.262. The van der Waals surface area contributed by atoms with Crippen molar-refractivity contribution in [3.63, 3.8) is 0 Å². The summed E-state index contributed by atoms with van der Waals surface area (Å²) in [6.07, 6.45) is 2.38. The molecule has 2 amide bonds. The number of hydrogen-bond donors (Lipinski definition) is 2. The summed E-state index contributed by atoms with van der Waals surface area (Å²) < 4.78 is 20.8. The van der Waals surface area contributed by atoms with Gasteiger partial charge in [0.15, 0.2) is 23.5 Å². The summed E-state index contributed by atoms with van der Waals surface area (Å²) in [6.45, 7) is 5.56. The van der Waals surface area contributed by atoms with E-state index in [1.165, 1.54) is 11.2 Å². The van der Waals surface area contributed by atoms with Crippen LogP contribution in [0.4, 0.5) is 16.3 Å². The summed E-state index contributed by atoms with van der Waals surface area (Å²) in [7, 11) is 2.00. The second-order valence-corrected chi connectivity index (χ2v) is 10.2. The van der Waals surface area contributed by atoms with Gasteiger partial charge in [-0.2, -0.15) is 0 Å². The van der Waals surface area contributed by atoms with Crippen molar-refractivity contribution in [2.24, 2.45) is 5.73 Å². The first kappa shape index (κ1) is 25.6. The second-order valence-electron chi connectivity index (χ2n) is 9.79. The zero-order valence-electron chi connectivity index (χ0n) is 21.0. The molecule has 0 saturated carbocycles. The number of urea groups is 1. The molecule has 13 heteroatoms. The molecule has 0 unspecified atom stereocenters. The van der Waals surface area contributed by atoms with Crippen molar-refractivity contribution < 1.29 is 19.0 Å². The molecule has 0 aliphatic carbocycles. The van der Waals surface area contributed by atoms with Crippen molar-refractivity contribution in [3.05, 3.63) is 41.9 Å². The zero-order valence-corrected chi connectivity index (χ0v) is 21.7. The number of aromatic nitrogens is 4. The lowest BCUT2D eigenvalue weighted by molar-refractivity contribution is -0.197. The van der Waals surface area contributed by atoms with Gasteiger partial charge < -0.3 is 30.6 Å². The van der Waals surface area contributed by atoms with Crippen LogP contribution < -0.4 is 16.4 Å².